The number of ether oxygens (including phenoxy) is 1. The zero-order chi connectivity index (χ0) is 15.1. The van der Waals surface area contributed by atoms with Crippen LogP contribution in [0.1, 0.15) is 23.2 Å². The van der Waals surface area contributed by atoms with Gasteiger partial charge in [0, 0.05) is 13.7 Å². The molecular weight excluding hydrogens is 284 g/mol. The van der Waals surface area contributed by atoms with E-state index in [0.717, 1.165) is 0 Å². The highest BCUT2D eigenvalue weighted by atomic mass is 35.5. The predicted molar refractivity (Wildman–Crippen MR) is 76.1 cm³/mol. The molecule has 0 aromatic heterocycles. The van der Waals surface area contributed by atoms with Crippen molar-refractivity contribution in [2.75, 3.05) is 19.0 Å². The molecule has 0 heterocycles. The minimum atomic E-state index is -1.10. The summed E-state index contributed by atoms with van der Waals surface area (Å²) in [5.41, 5.74) is 6.00. The van der Waals surface area contributed by atoms with Crippen molar-refractivity contribution >= 4 is 29.2 Å². The highest BCUT2D eigenvalue weighted by Gasteiger charge is 2.15. The molecule has 7 heteroatoms. The maximum Gasteiger partial charge on any atom is 0.335 e. The number of carbonyl (C=O) groups is 2. The number of carboxylic acids is 1. The lowest BCUT2D eigenvalue weighted by Gasteiger charge is -2.13. The zero-order valence-corrected chi connectivity index (χ0v) is 11.8. The van der Waals surface area contributed by atoms with Gasteiger partial charge in [-0.05, 0) is 31.0 Å². The lowest BCUT2D eigenvalue weighted by atomic mass is 10.1. The molecule has 110 valence electrons. The summed E-state index contributed by atoms with van der Waals surface area (Å²) in [5, 5.41) is 11.7. The van der Waals surface area contributed by atoms with Crippen molar-refractivity contribution in [2.24, 2.45) is 5.73 Å². The maximum atomic E-state index is 11.9. The smallest absolute Gasteiger partial charge is 0.335 e. The summed E-state index contributed by atoms with van der Waals surface area (Å²) < 4.78 is 4.88. The lowest BCUT2D eigenvalue weighted by molar-refractivity contribution is -0.117. The van der Waals surface area contributed by atoms with Crippen molar-refractivity contribution in [1.82, 2.24) is 0 Å². The number of hydrogen-bond acceptors (Lipinski definition) is 4. The predicted octanol–water partition coefficient (Wildman–Crippen LogP) is 1.73. The number of methoxy groups -OCH3 is 1. The van der Waals surface area contributed by atoms with E-state index in [2.05, 4.69) is 5.32 Å². The van der Waals surface area contributed by atoms with E-state index in [-0.39, 0.29) is 16.3 Å². The number of hydrogen-bond donors (Lipinski definition) is 3. The topological polar surface area (TPSA) is 102 Å². The van der Waals surface area contributed by atoms with Crippen molar-refractivity contribution in [1.29, 1.82) is 0 Å². The molecular formula is C13H17ClN2O4. The Morgan fingerprint density at radius 3 is 2.80 bits per heavy atom. The fourth-order valence-electron chi connectivity index (χ4n) is 1.56. The number of nitrogens with two attached hydrogens (primary N) is 1. The van der Waals surface area contributed by atoms with Gasteiger partial charge < -0.3 is 20.9 Å². The van der Waals surface area contributed by atoms with Crippen molar-refractivity contribution in [3.63, 3.8) is 0 Å². The van der Waals surface area contributed by atoms with Crippen LogP contribution in [0.4, 0.5) is 5.69 Å². The van der Waals surface area contributed by atoms with Gasteiger partial charge in [0.25, 0.3) is 0 Å². The summed E-state index contributed by atoms with van der Waals surface area (Å²) in [6, 6.07) is 3.37. The third-order valence-electron chi connectivity index (χ3n) is 2.67. The molecule has 1 aromatic rings. The van der Waals surface area contributed by atoms with Crippen LogP contribution in [0.3, 0.4) is 0 Å². The van der Waals surface area contributed by atoms with Crippen LogP contribution in [-0.4, -0.2) is 36.7 Å². The minimum absolute atomic E-state index is 0.0395. The molecule has 1 unspecified atom stereocenters. The van der Waals surface area contributed by atoms with Crippen LogP contribution < -0.4 is 11.1 Å². The van der Waals surface area contributed by atoms with Gasteiger partial charge in [-0.15, -0.1) is 0 Å². The van der Waals surface area contributed by atoms with Gasteiger partial charge in [-0.1, -0.05) is 11.6 Å². The minimum Gasteiger partial charge on any atom is -0.478 e. The van der Waals surface area contributed by atoms with Crippen LogP contribution in [0.25, 0.3) is 0 Å². The fraction of sp³-hybridized carbons (Fsp3) is 0.385. The van der Waals surface area contributed by atoms with Crippen LogP contribution in [-0.2, 0) is 9.53 Å². The molecule has 0 aliphatic rings. The first-order valence-electron chi connectivity index (χ1n) is 6.04. The van der Waals surface area contributed by atoms with Crippen LogP contribution in [0.15, 0.2) is 18.2 Å². The molecule has 0 aliphatic heterocycles. The Kier molecular flexibility index (Phi) is 6.44. The summed E-state index contributed by atoms with van der Waals surface area (Å²) >= 11 is 5.91. The molecule has 4 N–H and O–H groups in total. The normalized spacial score (nSPS) is 11.9. The number of amides is 1. The molecule has 6 nitrogen and oxygen atoms in total. The molecule has 1 atom stereocenters. The van der Waals surface area contributed by atoms with Crippen LogP contribution in [0, 0.1) is 0 Å². The Balaban J connectivity index is 2.69. The Morgan fingerprint density at radius 2 is 2.20 bits per heavy atom. The first kappa shape index (κ1) is 16.4. The Hall–Kier alpha value is -1.63. The monoisotopic (exact) mass is 300 g/mol. The second-order valence-electron chi connectivity index (χ2n) is 4.23. The molecule has 1 rings (SSSR count). The number of nitrogens with one attached hydrogen (secondary N) is 1. The third kappa shape index (κ3) is 4.80. The highest BCUT2D eigenvalue weighted by Crippen LogP contribution is 2.23. The number of anilines is 1. The van der Waals surface area contributed by atoms with Gasteiger partial charge in [0.15, 0.2) is 0 Å². The molecule has 0 saturated heterocycles. The van der Waals surface area contributed by atoms with Crippen molar-refractivity contribution < 1.29 is 19.4 Å². The maximum absolute atomic E-state index is 11.9. The Morgan fingerprint density at radius 1 is 1.50 bits per heavy atom. The van der Waals surface area contributed by atoms with Crippen molar-refractivity contribution in [3.8, 4) is 0 Å². The van der Waals surface area contributed by atoms with E-state index in [0.29, 0.717) is 19.4 Å². The molecule has 1 amide bonds. The molecule has 0 saturated carbocycles. The highest BCUT2D eigenvalue weighted by molar-refractivity contribution is 6.33. The van der Waals surface area contributed by atoms with Crippen LogP contribution >= 0.6 is 11.6 Å². The number of benzene rings is 1. The molecule has 0 radical (unpaired) electrons. The first-order valence-corrected chi connectivity index (χ1v) is 6.41. The first-order chi connectivity index (χ1) is 9.45. The lowest BCUT2D eigenvalue weighted by Crippen LogP contribution is -2.35. The average molecular weight is 301 g/mol. The van der Waals surface area contributed by atoms with Gasteiger partial charge in [-0.25, -0.2) is 4.79 Å². The van der Waals surface area contributed by atoms with E-state index < -0.39 is 17.9 Å². The second-order valence-corrected chi connectivity index (χ2v) is 4.64. The van der Waals surface area contributed by atoms with Gasteiger partial charge in [0.05, 0.1) is 22.3 Å². The van der Waals surface area contributed by atoms with E-state index in [1.165, 1.54) is 18.2 Å². The molecule has 0 spiro atoms. The summed E-state index contributed by atoms with van der Waals surface area (Å²) in [6.45, 7) is 0.524. The van der Waals surface area contributed by atoms with Gasteiger partial charge in [-0.3, -0.25) is 4.79 Å². The van der Waals surface area contributed by atoms with Crippen molar-refractivity contribution in [2.45, 2.75) is 18.9 Å². The van der Waals surface area contributed by atoms with Crippen LogP contribution in [0.5, 0.6) is 0 Å². The third-order valence-corrected chi connectivity index (χ3v) is 3.00. The van der Waals surface area contributed by atoms with Gasteiger partial charge in [-0.2, -0.15) is 0 Å². The summed E-state index contributed by atoms with van der Waals surface area (Å²) in [7, 11) is 1.57. The van der Waals surface area contributed by atoms with E-state index >= 15 is 0 Å². The van der Waals surface area contributed by atoms with E-state index in [9.17, 15) is 9.59 Å². The standard InChI is InChI=1S/C13H17ClN2O4/c1-20-6-2-3-10(15)12(17)16-11-7-8(13(18)19)4-5-9(11)14/h4-5,7,10H,2-3,6,15H2,1H3,(H,16,17)(H,18,19). The zero-order valence-electron chi connectivity index (χ0n) is 11.1. The number of carboxylic acid groups (broad SMARTS) is 1. The number of rotatable bonds is 7. The van der Waals surface area contributed by atoms with Crippen molar-refractivity contribution in [3.05, 3.63) is 28.8 Å². The Labute approximate surface area is 121 Å². The quantitative estimate of drug-likeness (QED) is 0.666. The number of aromatic carboxylic acids is 1. The van der Waals surface area contributed by atoms with E-state index in [1.807, 2.05) is 0 Å². The largest absolute Gasteiger partial charge is 0.478 e. The SMILES string of the molecule is COCCCC(N)C(=O)Nc1cc(C(=O)O)ccc1Cl. The molecule has 0 bridgehead atoms. The van der Waals surface area contributed by atoms with Gasteiger partial charge >= 0.3 is 5.97 Å². The second kappa shape index (κ2) is 7.84. The molecule has 0 fully saturated rings. The average Bonchev–Trinajstić information content (AvgIpc) is 2.41. The van der Waals surface area contributed by atoms with Crippen LogP contribution in [0.2, 0.25) is 5.02 Å². The molecule has 1 aromatic carbocycles. The van der Waals surface area contributed by atoms with E-state index in [4.69, 9.17) is 27.2 Å². The summed E-state index contributed by atoms with van der Waals surface area (Å²) in [5.74, 6) is -1.51. The van der Waals surface area contributed by atoms with E-state index in [1.54, 1.807) is 7.11 Å². The molecule has 20 heavy (non-hydrogen) atoms. The molecule has 0 aliphatic carbocycles. The Bertz CT molecular complexity index is 493. The summed E-state index contributed by atoms with van der Waals surface area (Å²) in [4.78, 5) is 22.7. The van der Waals surface area contributed by atoms with Gasteiger partial charge in [0.1, 0.15) is 0 Å². The summed E-state index contributed by atoms with van der Waals surface area (Å²) in [6.07, 6.45) is 1.13. The number of carbonyl (C=O) groups excluding carboxylic acids is 1. The van der Waals surface area contributed by atoms with Gasteiger partial charge in [0.2, 0.25) is 5.91 Å². The fourth-order valence-corrected chi connectivity index (χ4v) is 1.72. The number of halogens is 1.